The van der Waals surface area contributed by atoms with Crippen LogP contribution in [0.25, 0.3) is 32.3 Å². The van der Waals surface area contributed by atoms with Crippen LogP contribution in [0.1, 0.15) is 175 Å². The molecule has 64 heavy (non-hydrogen) atoms. The van der Waals surface area contributed by atoms with Crippen LogP contribution in [0.15, 0.2) is 109 Å². The number of unbranched alkanes of at least 4 members (excludes halogenated alkanes) is 21. The van der Waals surface area contributed by atoms with E-state index in [9.17, 15) is 0 Å². The van der Waals surface area contributed by atoms with E-state index in [0.29, 0.717) is 0 Å². The van der Waals surface area contributed by atoms with Gasteiger partial charge in [0.1, 0.15) is 17.2 Å². The third kappa shape index (κ3) is 14.7. The van der Waals surface area contributed by atoms with E-state index in [4.69, 9.17) is 14.2 Å². The van der Waals surface area contributed by atoms with E-state index in [0.717, 1.165) is 56.3 Å². The van der Waals surface area contributed by atoms with Crippen LogP contribution < -0.4 is 30.1 Å². The van der Waals surface area contributed by atoms with Crippen molar-refractivity contribution in [1.82, 2.24) is 0 Å². The van der Waals surface area contributed by atoms with E-state index in [-0.39, 0.29) is 0 Å². The van der Waals surface area contributed by atoms with Crippen LogP contribution in [0.3, 0.4) is 0 Å². The molecule has 0 saturated carbocycles. The second kappa shape index (κ2) is 28.8. The van der Waals surface area contributed by atoms with Gasteiger partial charge in [0.05, 0.1) is 19.8 Å². The van der Waals surface area contributed by atoms with Crippen LogP contribution in [-0.4, -0.2) is 19.8 Å². The minimum absolute atomic E-state index is 0.753. The summed E-state index contributed by atoms with van der Waals surface area (Å²) in [6.07, 6.45) is 31.0. The van der Waals surface area contributed by atoms with Gasteiger partial charge < -0.3 is 14.2 Å². The van der Waals surface area contributed by atoms with Gasteiger partial charge >= 0.3 is 0 Å². The van der Waals surface area contributed by atoms with Crippen molar-refractivity contribution >= 4 is 56.2 Å². The Morgan fingerprint density at radius 3 is 0.766 bits per heavy atom. The molecule has 3 nitrogen and oxygen atoms in total. The van der Waals surface area contributed by atoms with Gasteiger partial charge in [-0.2, -0.15) is 0 Å². The molecule has 0 aromatic heterocycles. The molecule has 344 valence electrons. The average molecular weight is 881 g/mol. The van der Waals surface area contributed by atoms with Gasteiger partial charge in [0, 0.05) is 16.2 Å². The largest absolute Gasteiger partial charge is 0.493 e. The Kier molecular flexibility index (Phi) is 22.2. The van der Waals surface area contributed by atoms with Gasteiger partial charge in [-0.3, -0.25) is 0 Å². The predicted octanol–water partition coefficient (Wildman–Crippen LogP) is 17.5. The SMILES string of the molecule is CCCCCCCCCCOc1ccc(P(c2ccc(OCCCCCCCCCC)c3ccccc23)c2ccc(OCCCCCCCCCC)c3ccccc23)c2ccccc12. The number of hydrogen-bond acceptors (Lipinski definition) is 3. The molecule has 6 aromatic carbocycles. The van der Waals surface area contributed by atoms with E-state index < -0.39 is 7.92 Å². The maximum atomic E-state index is 6.62. The molecule has 6 rings (SSSR count). The average Bonchev–Trinajstić information content (AvgIpc) is 3.33. The second-order valence-electron chi connectivity index (χ2n) is 18.2. The first-order valence-corrected chi connectivity index (χ1v) is 27.3. The second-order valence-corrected chi connectivity index (χ2v) is 20.3. The lowest BCUT2D eigenvalue weighted by Gasteiger charge is -2.26. The molecule has 0 fully saturated rings. The third-order valence-electron chi connectivity index (χ3n) is 13.1. The van der Waals surface area contributed by atoms with Gasteiger partial charge in [0.2, 0.25) is 0 Å². The highest BCUT2D eigenvalue weighted by Crippen LogP contribution is 2.44. The summed E-state index contributed by atoms with van der Waals surface area (Å²) < 4.78 is 19.9. The molecule has 0 atom stereocenters. The maximum absolute atomic E-state index is 6.62. The Morgan fingerprint density at radius 1 is 0.266 bits per heavy atom. The van der Waals surface area contributed by atoms with E-state index in [1.54, 1.807) is 0 Å². The van der Waals surface area contributed by atoms with Gasteiger partial charge in [-0.25, -0.2) is 0 Å². The monoisotopic (exact) mass is 881 g/mol. The molecule has 0 aliphatic rings. The first kappa shape index (κ1) is 49.4. The van der Waals surface area contributed by atoms with Gasteiger partial charge in [0.25, 0.3) is 0 Å². The maximum Gasteiger partial charge on any atom is 0.127 e. The summed E-state index contributed by atoms with van der Waals surface area (Å²) in [7, 11) is -1.03. The van der Waals surface area contributed by atoms with Crippen molar-refractivity contribution in [3.8, 4) is 17.2 Å². The van der Waals surface area contributed by atoms with Gasteiger partial charge in [-0.15, -0.1) is 0 Å². The zero-order chi connectivity index (χ0) is 44.4. The molecule has 6 aromatic rings. The van der Waals surface area contributed by atoms with Crippen molar-refractivity contribution in [1.29, 1.82) is 0 Å². The first-order valence-electron chi connectivity index (χ1n) is 26.0. The molecule has 0 aliphatic carbocycles. The van der Waals surface area contributed by atoms with Crippen molar-refractivity contribution in [3.05, 3.63) is 109 Å². The van der Waals surface area contributed by atoms with E-state index in [1.807, 2.05) is 0 Å². The molecule has 4 heteroatoms. The summed E-state index contributed by atoms with van der Waals surface area (Å²) in [6, 6.07) is 40.7. The van der Waals surface area contributed by atoms with E-state index in [2.05, 4.69) is 130 Å². The van der Waals surface area contributed by atoms with Gasteiger partial charge in [-0.1, -0.05) is 228 Å². The van der Waals surface area contributed by atoms with Crippen LogP contribution in [0.5, 0.6) is 17.2 Å². The highest BCUT2D eigenvalue weighted by Gasteiger charge is 2.25. The summed E-state index contributed by atoms with van der Waals surface area (Å²) in [6.45, 7) is 9.12. The Labute approximate surface area is 389 Å². The zero-order valence-electron chi connectivity index (χ0n) is 40.2. The van der Waals surface area contributed by atoms with Crippen LogP contribution in [0.2, 0.25) is 0 Å². The Balaban J connectivity index is 1.29. The Bertz CT molecular complexity index is 1980. The smallest absolute Gasteiger partial charge is 0.127 e. The molecule has 0 heterocycles. The lowest BCUT2D eigenvalue weighted by atomic mass is 10.1. The minimum atomic E-state index is -1.03. The lowest BCUT2D eigenvalue weighted by Crippen LogP contribution is -2.23. The molecular weight excluding hydrogens is 800 g/mol. The molecule has 0 amide bonds. The fourth-order valence-electron chi connectivity index (χ4n) is 9.37. The number of ether oxygens (including phenoxy) is 3. The molecule has 0 aliphatic heterocycles. The van der Waals surface area contributed by atoms with Crippen molar-refractivity contribution in [2.75, 3.05) is 19.8 Å². The van der Waals surface area contributed by atoms with Crippen molar-refractivity contribution in [2.24, 2.45) is 0 Å². The third-order valence-corrected chi connectivity index (χ3v) is 15.7. The zero-order valence-corrected chi connectivity index (χ0v) is 41.1. The topological polar surface area (TPSA) is 27.7 Å². The fraction of sp³-hybridized carbons (Fsp3) is 0.500. The van der Waals surface area contributed by atoms with Crippen LogP contribution in [-0.2, 0) is 0 Å². The molecular formula is C60H81O3P. The Hall–Kier alpha value is -4.07. The molecule has 0 saturated heterocycles. The summed E-state index contributed by atoms with van der Waals surface area (Å²) in [5.74, 6) is 2.96. The van der Waals surface area contributed by atoms with Crippen molar-refractivity contribution < 1.29 is 14.2 Å². The highest BCUT2D eigenvalue weighted by atomic mass is 31.1. The van der Waals surface area contributed by atoms with Crippen LogP contribution in [0.4, 0.5) is 0 Å². The molecule has 0 radical (unpaired) electrons. The Morgan fingerprint density at radius 2 is 0.500 bits per heavy atom. The molecule has 0 spiro atoms. The summed E-state index contributed by atoms with van der Waals surface area (Å²) in [4.78, 5) is 0. The molecule has 0 unspecified atom stereocenters. The number of fused-ring (bicyclic) bond motifs is 3. The summed E-state index contributed by atoms with van der Waals surface area (Å²) >= 11 is 0. The normalized spacial score (nSPS) is 11.6. The summed E-state index contributed by atoms with van der Waals surface area (Å²) in [5, 5.41) is 11.4. The molecule has 0 bridgehead atoms. The highest BCUT2D eigenvalue weighted by molar-refractivity contribution is 7.81. The number of hydrogen-bond donors (Lipinski definition) is 0. The van der Waals surface area contributed by atoms with E-state index in [1.165, 1.54) is 183 Å². The van der Waals surface area contributed by atoms with Crippen molar-refractivity contribution in [3.63, 3.8) is 0 Å². The first-order chi connectivity index (χ1) is 31.7. The quantitative estimate of drug-likeness (QED) is 0.0304. The number of benzene rings is 6. The van der Waals surface area contributed by atoms with Crippen LogP contribution >= 0.6 is 7.92 Å². The van der Waals surface area contributed by atoms with Gasteiger partial charge in [-0.05, 0) is 95.7 Å². The van der Waals surface area contributed by atoms with E-state index >= 15 is 0 Å². The predicted molar refractivity (Wildman–Crippen MR) is 282 cm³/mol. The number of rotatable bonds is 33. The van der Waals surface area contributed by atoms with Crippen molar-refractivity contribution in [2.45, 2.75) is 175 Å². The van der Waals surface area contributed by atoms with Gasteiger partial charge in [0.15, 0.2) is 0 Å². The van der Waals surface area contributed by atoms with Crippen LogP contribution in [0, 0.1) is 0 Å². The standard InChI is InChI=1S/C60H81O3P/c1-4-7-10-13-16-19-22-31-46-61-55-40-43-58(52-37-28-25-34-49(52)55)64(59-44-41-56(50-35-26-29-38-53(50)59)62-47-32-23-20-17-14-11-8-5-2)60-45-42-57(51-36-27-30-39-54(51)60)63-48-33-24-21-18-15-12-9-6-3/h25-30,34-45H,4-24,31-33,46-48H2,1-3H3. The lowest BCUT2D eigenvalue weighted by molar-refractivity contribution is 0.307. The summed E-state index contributed by atoms with van der Waals surface area (Å²) in [5.41, 5.74) is 0. The fourth-order valence-corrected chi connectivity index (χ4v) is 12.1. The molecule has 0 N–H and O–H groups in total. The minimum Gasteiger partial charge on any atom is -0.493 e.